The Morgan fingerprint density at radius 1 is 1.15 bits per heavy atom. The van der Waals surface area contributed by atoms with Gasteiger partial charge in [0, 0.05) is 29.1 Å². The number of carbonyl (C=O) groups excluding carboxylic acids is 2. The fraction of sp³-hybridized carbons (Fsp3) is 0.417. The van der Waals surface area contributed by atoms with Gasteiger partial charge in [0.1, 0.15) is 6.04 Å². The van der Waals surface area contributed by atoms with Crippen molar-refractivity contribution in [3.63, 3.8) is 0 Å². The Balaban J connectivity index is 1.79. The highest BCUT2D eigenvalue weighted by atomic mass is 79.9. The number of halogens is 2. The summed E-state index contributed by atoms with van der Waals surface area (Å²) in [5, 5.41) is 3.46. The number of amides is 2. The maximum atomic E-state index is 13.4. The van der Waals surface area contributed by atoms with Crippen molar-refractivity contribution in [1.82, 2.24) is 14.5 Å². The molecule has 7 nitrogen and oxygen atoms in total. The average molecular weight is 571 g/mol. The average Bonchev–Trinajstić information content (AvgIpc) is 3.30. The molecule has 0 unspecified atom stereocenters. The standard InChI is InChI=1S/C24H29BrClN3O4S/c1-17(24(31)27-21-8-3-4-9-21)29(15-18-6-5-7-19(25)14-18)23(30)16-28(2)34(32,33)22-12-10-20(26)11-13-22/h5-7,10-14,17,21H,3-4,8-9,15-16H2,1-2H3,(H,27,31)/t17-/m1/s1. The lowest BCUT2D eigenvalue weighted by molar-refractivity contribution is -0.140. The molecular formula is C24H29BrClN3O4S. The van der Waals surface area contributed by atoms with Gasteiger partial charge in [-0.3, -0.25) is 9.59 Å². The van der Waals surface area contributed by atoms with E-state index >= 15 is 0 Å². The number of sulfonamides is 1. The zero-order chi connectivity index (χ0) is 24.9. The number of nitrogens with zero attached hydrogens (tertiary/aromatic N) is 2. The molecule has 0 heterocycles. The van der Waals surface area contributed by atoms with Crippen LogP contribution >= 0.6 is 27.5 Å². The van der Waals surface area contributed by atoms with E-state index in [1.165, 1.54) is 36.2 Å². The van der Waals surface area contributed by atoms with Crippen molar-refractivity contribution in [3.05, 3.63) is 63.6 Å². The summed E-state index contributed by atoms with van der Waals surface area (Å²) in [6, 6.07) is 12.6. The summed E-state index contributed by atoms with van der Waals surface area (Å²) in [5.74, 6) is -0.701. The first-order valence-corrected chi connectivity index (χ1v) is 13.7. The first-order chi connectivity index (χ1) is 16.1. The van der Waals surface area contributed by atoms with E-state index in [4.69, 9.17) is 11.6 Å². The molecule has 1 atom stereocenters. The van der Waals surface area contributed by atoms with Crippen molar-refractivity contribution >= 4 is 49.4 Å². The summed E-state index contributed by atoms with van der Waals surface area (Å²) in [4.78, 5) is 27.8. The van der Waals surface area contributed by atoms with Crippen molar-refractivity contribution in [2.45, 2.75) is 56.1 Å². The van der Waals surface area contributed by atoms with Crippen LogP contribution in [0.3, 0.4) is 0 Å². The van der Waals surface area contributed by atoms with Crippen LogP contribution in [0.25, 0.3) is 0 Å². The van der Waals surface area contributed by atoms with Gasteiger partial charge in [-0.05, 0) is 61.7 Å². The zero-order valence-electron chi connectivity index (χ0n) is 19.2. The van der Waals surface area contributed by atoms with E-state index < -0.39 is 28.5 Å². The lowest BCUT2D eigenvalue weighted by atomic mass is 10.1. The van der Waals surface area contributed by atoms with Gasteiger partial charge >= 0.3 is 0 Å². The molecule has 0 radical (unpaired) electrons. The lowest BCUT2D eigenvalue weighted by Gasteiger charge is -2.31. The molecule has 1 aliphatic rings. The highest BCUT2D eigenvalue weighted by Gasteiger charge is 2.31. The number of rotatable bonds is 9. The van der Waals surface area contributed by atoms with Gasteiger partial charge in [-0.25, -0.2) is 8.42 Å². The molecule has 0 spiro atoms. The van der Waals surface area contributed by atoms with Gasteiger partial charge in [0.05, 0.1) is 11.4 Å². The summed E-state index contributed by atoms with van der Waals surface area (Å²) in [6.07, 6.45) is 4.01. The van der Waals surface area contributed by atoms with Crippen LogP contribution in [0.4, 0.5) is 0 Å². The van der Waals surface area contributed by atoms with Crippen LogP contribution in [0, 0.1) is 0 Å². The quantitative estimate of drug-likeness (QED) is 0.490. The van der Waals surface area contributed by atoms with Crippen LogP contribution < -0.4 is 5.32 Å². The Morgan fingerprint density at radius 2 is 1.79 bits per heavy atom. The smallest absolute Gasteiger partial charge is 0.243 e. The van der Waals surface area contributed by atoms with Crippen molar-refractivity contribution in [2.24, 2.45) is 0 Å². The summed E-state index contributed by atoms with van der Waals surface area (Å²) < 4.78 is 27.8. The van der Waals surface area contributed by atoms with Gasteiger partial charge in [-0.15, -0.1) is 0 Å². The number of carbonyl (C=O) groups is 2. The Labute approximate surface area is 214 Å². The van der Waals surface area contributed by atoms with Gasteiger partial charge in [0.15, 0.2) is 0 Å². The summed E-state index contributed by atoms with van der Waals surface area (Å²) in [6.45, 7) is 1.44. The molecule has 0 bridgehead atoms. The van der Waals surface area contributed by atoms with E-state index in [0.717, 1.165) is 40.0 Å². The third-order valence-corrected chi connectivity index (χ3v) is 8.55. The number of nitrogens with one attached hydrogen (secondary N) is 1. The molecule has 0 aliphatic heterocycles. The van der Waals surface area contributed by atoms with E-state index in [0.29, 0.717) is 5.02 Å². The van der Waals surface area contributed by atoms with Crippen LogP contribution in [0.5, 0.6) is 0 Å². The molecule has 2 amide bonds. The summed E-state index contributed by atoms with van der Waals surface area (Å²) >= 11 is 9.30. The second-order valence-electron chi connectivity index (χ2n) is 8.53. The maximum Gasteiger partial charge on any atom is 0.243 e. The molecule has 184 valence electrons. The number of benzene rings is 2. The molecule has 2 aromatic rings. The minimum atomic E-state index is -3.91. The Kier molecular flexibility index (Phi) is 9.14. The predicted molar refractivity (Wildman–Crippen MR) is 136 cm³/mol. The van der Waals surface area contributed by atoms with E-state index in [9.17, 15) is 18.0 Å². The summed E-state index contributed by atoms with van der Waals surface area (Å²) in [5.41, 5.74) is 0.825. The highest BCUT2D eigenvalue weighted by Crippen LogP contribution is 2.21. The van der Waals surface area contributed by atoms with Crippen LogP contribution in [0.1, 0.15) is 38.2 Å². The second kappa shape index (κ2) is 11.7. The van der Waals surface area contributed by atoms with Crippen LogP contribution in [0.2, 0.25) is 5.02 Å². The third-order valence-electron chi connectivity index (χ3n) is 5.99. The molecular weight excluding hydrogens is 542 g/mol. The van der Waals surface area contributed by atoms with Crippen molar-refractivity contribution in [2.75, 3.05) is 13.6 Å². The Morgan fingerprint density at radius 3 is 2.41 bits per heavy atom. The summed E-state index contributed by atoms with van der Waals surface area (Å²) in [7, 11) is -2.56. The van der Waals surface area contributed by atoms with Crippen molar-refractivity contribution in [3.8, 4) is 0 Å². The zero-order valence-corrected chi connectivity index (χ0v) is 22.4. The Bertz CT molecular complexity index is 1120. The second-order valence-corrected chi connectivity index (χ2v) is 11.9. The van der Waals surface area contributed by atoms with Gasteiger partial charge in [-0.2, -0.15) is 4.31 Å². The number of hydrogen-bond acceptors (Lipinski definition) is 4. The van der Waals surface area contributed by atoms with Gasteiger partial charge in [-0.1, -0.05) is 52.5 Å². The largest absolute Gasteiger partial charge is 0.352 e. The molecule has 0 aromatic heterocycles. The predicted octanol–water partition coefficient (Wildman–Crippen LogP) is 4.20. The molecule has 34 heavy (non-hydrogen) atoms. The number of likely N-dealkylation sites (N-methyl/N-ethyl adjacent to an activating group) is 1. The number of hydrogen-bond donors (Lipinski definition) is 1. The normalized spacial score (nSPS) is 15.3. The van der Waals surface area contributed by atoms with E-state index in [-0.39, 0.29) is 23.4 Å². The molecule has 0 saturated heterocycles. The monoisotopic (exact) mass is 569 g/mol. The molecule has 2 aromatic carbocycles. The molecule has 1 saturated carbocycles. The third kappa shape index (κ3) is 6.81. The Hall–Kier alpha value is -1.94. The first kappa shape index (κ1) is 26.7. The van der Waals surface area contributed by atoms with Gasteiger partial charge in [0.2, 0.25) is 21.8 Å². The minimum absolute atomic E-state index is 0.0396. The molecule has 1 N–H and O–H groups in total. The van der Waals surface area contributed by atoms with E-state index in [1.54, 1.807) is 6.92 Å². The first-order valence-electron chi connectivity index (χ1n) is 11.1. The van der Waals surface area contributed by atoms with Gasteiger partial charge < -0.3 is 10.2 Å². The highest BCUT2D eigenvalue weighted by molar-refractivity contribution is 9.10. The van der Waals surface area contributed by atoms with Crippen LogP contribution in [-0.4, -0.2) is 55.1 Å². The van der Waals surface area contributed by atoms with Crippen LogP contribution in [-0.2, 0) is 26.2 Å². The fourth-order valence-electron chi connectivity index (χ4n) is 3.96. The van der Waals surface area contributed by atoms with Crippen molar-refractivity contribution in [1.29, 1.82) is 0 Å². The van der Waals surface area contributed by atoms with Gasteiger partial charge in [0.25, 0.3) is 0 Å². The fourth-order valence-corrected chi connectivity index (χ4v) is 5.65. The van der Waals surface area contributed by atoms with Crippen molar-refractivity contribution < 1.29 is 18.0 Å². The maximum absolute atomic E-state index is 13.4. The molecule has 10 heteroatoms. The topological polar surface area (TPSA) is 86.8 Å². The van der Waals surface area contributed by atoms with Crippen LogP contribution in [0.15, 0.2) is 57.9 Å². The minimum Gasteiger partial charge on any atom is -0.352 e. The SMILES string of the molecule is C[C@H](C(=O)NC1CCCC1)N(Cc1cccc(Br)c1)C(=O)CN(C)S(=O)(=O)c1ccc(Cl)cc1. The van der Waals surface area contributed by atoms with E-state index in [2.05, 4.69) is 21.2 Å². The molecule has 3 rings (SSSR count). The van der Waals surface area contributed by atoms with E-state index in [1.807, 2.05) is 24.3 Å². The molecule has 1 aliphatic carbocycles. The molecule has 1 fully saturated rings. The lowest BCUT2D eigenvalue weighted by Crippen LogP contribution is -2.52.